The Labute approximate surface area is 151 Å². The van der Waals surface area contributed by atoms with Crippen LogP contribution in [-0.2, 0) is 16.0 Å². The fourth-order valence-electron chi connectivity index (χ4n) is 3.34. The number of nitrogens with zero attached hydrogens (tertiary/aromatic N) is 1. The second-order valence-corrected chi connectivity index (χ2v) is 6.67. The highest BCUT2D eigenvalue weighted by atomic mass is 19.1. The van der Waals surface area contributed by atoms with Crippen LogP contribution < -0.4 is 0 Å². The number of hydrogen-bond acceptors (Lipinski definition) is 3. The summed E-state index contributed by atoms with van der Waals surface area (Å²) in [5.41, 5.74) is 0.408. The van der Waals surface area contributed by atoms with Crippen LogP contribution in [0.4, 0.5) is 4.39 Å². The van der Waals surface area contributed by atoms with Crippen LogP contribution in [0.25, 0.3) is 11.3 Å². The van der Waals surface area contributed by atoms with Crippen molar-refractivity contribution in [3.63, 3.8) is 0 Å². The average Bonchev–Trinajstić information content (AvgIpc) is 3.09. The molecule has 0 bridgehead atoms. The molecule has 1 aliphatic rings. The maximum atomic E-state index is 13.8. The third-order valence-corrected chi connectivity index (χ3v) is 4.82. The van der Waals surface area contributed by atoms with Crippen molar-refractivity contribution in [2.24, 2.45) is 5.92 Å². The number of amides is 1. The zero-order chi connectivity index (χ0) is 18.5. The van der Waals surface area contributed by atoms with Crippen LogP contribution in [0.15, 0.2) is 40.8 Å². The van der Waals surface area contributed by atoms with Gasteiger partial charge in [-0.25, -0.2) is 4.39 Å². The molecule has 1 aliphatic heterocycles. The lowest BCUT2D eigenvalue weighted by Gasteiger charge is -2.31. The first-order valence-electron chi connectivity index (χ1n) is 8.86. The van der Waals surface area contributed by atoms with Gasteiger partial charge < -0.3 is 14.4 Å². The van der Waals surface area contributed by atoms with E-state index in [9.17, 15) is 14.0 Å². The van der Waals surface area contributed by atoms with Crippen LogP contribution in [0, 0.1) is 11.7 Å². The molecule has 1 fully saturated rings. The predicted octanol–water partition coefficient (Wildman–Crippen LogP) is 3.73. The number of rotatable bonds is 6. The van der Waals surface area contributed by atoms with Crippen LogP contribution in [-0.4, -0.2) is 35.0 Å². The zero-order valence-electron chi connectivity index (χ0n) is 14.5. The second kappa shape index (κ2) is 8.17. The van der Waals surface area contributed by atoms with E-state index in [1.54, 1.807) is 35.2 Å². The van der Waals surface area contributed by atoms with Crippen molar-refractivity contribution in [1.29, 1.82) is 0 Å². The SMILES string of the molecule is O=C(O)CC1CCN(C(=O)CCc2ccc(-c3ccccc3F)o2)CC1. The Hall–Kier alpha value is -2.63. The van der Waals surface area contributed by atoms with Gasteiger partial charge in [0.2, 0.25) is 5.91 Å². The third kappa shape index (κ3) is 4.50. The molecule has 0 aliphatic carbocycles. The summed E-state index contributed by atoms with van der Waals surface area (Å²) in [6, 6.07) is 9.91. The third-order valence-electron chi connectivity index (χ3n) is 4.82. The Kier molecular flexibility index (Phi) is 5.71. The molecular weight excluding hydrogens is 337 g/mol. The molecule has 138 valence electrons. The number of benzene rings is 1. The van der Waals surface area contributed by atoms with Gasteiger partial charge in [0.25, 0.3) is 0 Å². The maximum absolute atomic E-state index is 13.8. The Balaban J connectivity index is 1.50. The van der Waals surface area contributed by atoms with Gasteiger partial charge in [0.05, 0.1) is 5.56 Å². The molecule has 1 N–H and O–H groups in total. The van der Waals surface area contributed by atoms with Crippen molar-refractivity contribution in [2.75, 3.05) is 13.1 Å². The molecule has 2 heterocycles. The molecule has 3 rings (SSSR count). The standard InChI is InChI=1S/C20H22FNO4/c21-17-4-2-1-3-16(17)18-7-5-15(26-18)6-8-19(23)22-11-9-14(10-12-22)13-20(24)25/h1-5,7,14H,6,8-13H2,(H,24,25). The number of piperidine rings is 1. The molecule has 6 heteroatoms. The van der Waals surface area contributed by atoms with E-state index in [0.717, 1.165) is 12.8 Å². The number of aryl methyl sites for hydroxylation is 1. The van der Waals surface area contributed by atoms with Gasteiger partial charge in [0.15, 0.2) is 0 Å². The number of likely N-dealkylation sites (tertiary alicyclic amines) is 1. The predicted molar refractivity (Wildman–Crippen MR) is 94.0 cm³/mol. The lowest BCUT2D eigenvalue weighted by molar-refractivity contribution is -0.138. The molecular formula is C20H22FNO4. The van der Waals surface area contributed by atoms with Gasteiger partial charge in [-0.2, -0.15) is 0 Å². The van der Waals surface area contributed by atoms with E-state index in [-0.39, 0.29) is 24.1 Å². The van der Waals surface area contributed by atoms with E-state index in [2.05, 4.69) is 0 Å². The van der Waals surface area contributed by atoms with Gasteiger partial charge in [-0.1, -0.05) is 12.1 Å². The molecule has 0 unspecified atom stereocenters. The molecule has 0 saturated carbocycles. The monoisotopic (exact) mass is 359 g/mol. The first-order chi connectivity index (χ1) is 12.5. The normalized spacial score (nSPS) is 15.2. The van der Waals surface area contributed by atoms with Crippen LogP contribution >= 0.6 is 0 Å². The quantitative estimate of drug-likeness (QED) is 0.853. The van der Waals surface area contributed by atoms with E-state index >= 15 is 0 Å². The molecule has 0 radical (unpaired) electrons. The molecule has 5 nitrogen and oxygen atoms in total. The summed E-state index contributed by atoms with van der Waals surface area (Å²) in [7, 11) is 0. The Morgan fingerprint density at radius 2 is 1.88 bits per heavy atom. The minimum atomic E-state index is -0.779. The van der Waals surface area contributed by atoms with Gasteiger partial charge in [-0.15, -0.1) is 0 Å². The van der Waals surface area contributed by atoms with E-state index in [1.807, 2.05) is 0 Å². The largest absolute Gasteiger partial charge is 0.481 e. The van der Waals surface area contributed by atoms with E-state index in [0.29, 0.717) is 43.0 Å². The van der Waals surface area contributed by atoms with Crippen molar-refractivity contribution < 1.29 is 23.5 Å². The first kappa shape index (κ1) is 18.2. The van der Waals surface area contributed by atoms with Gasteiger partial charge in [0.1, 0.15) is 17.3 Å². The molecule has 0 spiro atoms. The van der Waals surface area contributed by atoms with Crippen LogP contribution in [0.5, 0.6) is 0 Å². The smallest absolute Gasteiger partial charge is 0.303 e. The second-order valence-electron chi connectivity index (χ2n) is 6.67. The Morgan fingerprint density at radius 3 is 2.58 bits per heavy atom. The molecule has 1 amide bonds. The average molecular weight is 359 g/mol. The van der Waals surface area contributed by atoms with E-state index < -0.39 is 5.97 Å². The van der Waals surface area contributed by atoms with E-state index in [1.165, 1.54) is 6.07 Å². The van der Waals surface area contributed by atoms with Crippen LogP contribution in [0.1, 0.15) is 31.4 Å². The number of hydrogen-bond donors (Lipinski definition) is 1. The number of halogens is 1. The van der Waals surface area contributed by atoms with Gasteiger partial charge in [0, 0.05) is 32.4 Å². The summed E-state index contributed by atoms with van der Waals surface area (Å²) in [5.74, 6) is 0.192. The fourth-order valence-corrected chi connectivity index (χ4v) is 3.34. The summed E-state index contributed by atoms with van der Waals surface area (Å²) in [5, 5.41) is 8.84. The van der Waals surface area contributed by atoms with Gasteiger partial charge >= 0.3 is 5.97 Å². The molecule has 26 heavy (non-hydrogen) atoms. The number of aliphatic carboxylic acids is 1. The van der Waals surface area contributed by atoms with Gasteiger partial charge in [-0.05, 0) is 43.0 Å². The van der Waals surface area contributed by atoms with Crippen molar-refractivity contribution in [3.05, 3.63) is 48.0 Å². The maximum Gasteiger partial charge on any atom is 0.303 e. The Bertz CT molecular complexity index is 778. The number of carbonyl (C=O) groups excluding carboxylic acids is 1. The van der Waals surface area contributed by atoms with Crippen LogP contribution in [0.2, 0.25) is 0 Å². The van der Waals surface area contributed by atoms with Crippen LogP contribution in [0.3, 0.4) is 0 Å². The summed E-state index contributed by atoms with van der Waals surface area (Å²) in [6.07, 6.45) is 2.43. The van der Waals surface area contributed by atoms with Crippen molar-refractivity contribution >= 4 is 11.9 Å². The van der Waals surface area contributed by atoms with Crippen molar-refractivity contribution in [1.82, 2.24) is 4.90 Å². The summed E-state index contributed by atoms with van der Waals surface area (Å²) in [4.78, 5) is 24.9. The minimum Gasteiger partial charge on any atom is -0.481 e. The summed E-state index contributed by atoms with van der Waals surface area (Å²) < 4.78 is 19.5. The van der Waals surface area contributed by atoms with Crippen molar-refractivity contribution in [3.8, 4) is 11.3 Å². The number of carboxylic acid groups (broad SMARTS) is 1. The van der Waals surface area contributed by atoms with E-state index in [4.69, 9.17) is 9.52 Å². The summed E-state index contributed by atoms with van der Waals surface area (Å²) >= 11 is 0. The minimum absolute atomic E-state index is 0.0441. The highest BCUT2D eigenvalue weighted by molar-refractivity contribution is 5.76. The molecule has 2 aromatic rings. The number of furan rings is 1. The topological polar surface area (TPSA) is 70.8 Å². The molecule has 1 saturated heterocycles. The molecule has 1 aromatic heterocycles. The highest BCUT2D eigenvalue weighted by Gasteiger charge is 2.24. The van der Waals surface area contributed by atoms with Gasteiger partial charge in [-0.3, -0.25) is 9.59 Å². The van der Waals surface area contributed by atoms with Crippen molar-refractivity contribution in [2.45, 2.75) is 32.1 Å². The fraction of sp³-hybridized carbons (Fsp3) is 0.400. The lowest BCUT2D eigenvalue weighted by atomic mass is 9.93. The Morgan fingerprint density at radius 1 is 1.15 bits per heavy atom. The molecule has 1 aromatic carbocycles. The zero-order valence-corrected chi connectivity index (χ0v) is 14.5. The first-order valence-corrected chi connectivity index (χ1v) is 8.86. The number of carbonyl (C=O) groups is 2. The summed E-state index contributed by atoms with van der Waals surface area (Å²) in [6.45, 7) is 1.21. The number of carboxylic acids is 1. The highest BCUT2D eigenvalue weighted by Crippen LogP contribution is 2.26. The molecule has 0 atom stereocenters. The lowest BCUT2D eigenvalue weighted by Crippen LogP contribution is -2.39.